The van der Waals surface area contributed by atoms with Crippen molar-refractivity contribution in [3.05, 3.63) is 82.0 Å². The third kappa shape index (κ3) is 8.49. The molecule has 15 heteroatoms. The Kier molecular flexibility index (Phi) is 11.6. The molecule has 5 rings (SSSR count). The van der Waals surface area contributed by atoms with Crippen molar-refractivity contribution < 1.29 is 27.6 Å². The van der Waals surface area contributed by atoms with E-state index in [9.17, 15) is 32.3 Å². The van der Waals surface area contributed by atoms with E-state index in [4.69, 9.17) is 11.5 Å². The molecule has 0 bridgehead atoms. The summed E-state index contributed by atoms with van der Waals surface area (Å²) in [6.45, 7) is 3.06. The largest absolute Gasteiger partial charge is 0.408 e. The van der Waals surface area contributed by atoms with Crippen LogP contribution in [0.5, 0.6) is 0 Å². The van der Waals surface area contributed by atoms with E-state index >= 15 is 0 Å². The van der Waals surface area contributed by atoms with Crippen molar-refractivity contribution in [1.82, 2.24) is 20.3 Å². The zero-order chi connectivity index (χ0) is 34.7. The standard InChI is InChI=1S/C34H38F3N7O4.ClH/c1-18-25(12-14-27(40-18)31(46)41-19(2)34(35,36)37)22-7-3-20(4-8-22)15-29(30(39)45)44(32(47)23-9-5-21(17-38)6-10-23)24-11-13-26-28(16-24)43-33(48)42-26;/h3-4,7-8,11-14,16,19,21,23,29H,5-6,9-10,15,17,38H2,1-2H3,(H2,39,45)(H,41,46)(H2,42,43,48);1H/t19?,21?,23?,29-;/m0./s1. The molecule has 0 spiro atoms. The van der Waals surface area contributed by atoms with Crippen molar-refractivity contribution in [2.45, 2.75) is 64.2 Å². The van der Waals surface area contributed by atoms with Gasteiger partial charge < -0.3 is 26.8 Å². The Morgan fingerprint density at radius 3 is 2.24 bits per heavy atom. The topological polar surface area (TPSA) is 180 Å². The molecule has 0 saturated heterocycles. The molecule has 49 heavy (non-hydrogen) atoms. The van der Waals surface area contributed by atoms with Gasteiger partial charge in [0.05, 0.1) is 11.0 Å². The maximum absolute atomic E-state index is 14.1. The summed E-state index contributed by atoms with van der Waals surface area (Å²) in [6.07, 6.45) is -1.59. The normalized spacial score (nSPS) is 17.5. The molecule has 1 unspecified atom stereocenters. The molecule has 1 fully saturated rings. The van der Waals surface area contributed by atoms with Crippen molar-refractivity contribution >= 4 is 46.8 Å². The Hall–Kier alpha value is -4.69. The van der Waals surface area contributed by atoms with Crippen LogP contribution in [0.4, 0.5) is 18.9 Å². The number of carbonyl (C=O) groups is 3. The van der Waals surface area contributed by atoms with Crippen LogP contribution in [-0.4, -0.2) is 57.5 Å². The van der Waals surface area contributed by atoms with Crippen molar-refractivity contribution in [3.63, 3.8) is 0 Å². The van der Waals surface area contributed by atoms with Crippen LogP contribution in [0.3, 0.4) is 0 Å². The van der Waals surface area contributed by atoms with Crippen LogP contribution < -0.4 is 27.4 Å². The van der Waals surface area contributed by atoms with Gasteiger partial charge in [0.1, 0.15) is 17.8 Å². The van der Waals surface area contributed by atoms with Crippen LogP contribution in [0.25, 0.3) is 22.2 Å². The fraction of sp³-hybridized carbons (Fsp3) is 0.382. The fourth-order valence-corrected chi connectivity index (χ4v) is 6.18. The number of amides is 3. The van der Waals surface area contributed by atoms with Crippen LogP contribution >= 0.6 is 12.4 Å². The number of aryl methyl sites for hydroxylation is 1. The SMILES string of the molecule is Cc1nc(C(=O)NC(C)C(F)(F)F)ccc1-c1ccc(C[C@@H](C(N)=O)N(C(=O)C2CCC(CN)CC2)c2ccc3[nH]c(=O)[nH]c3c2)cc1.Cl. The lowest BCUT2D eigenvalue weighted by Gasteiger charge is -2.35. The highest BCUT2D eigenvalue weighted by Gasteiger charge is 2.38. The summed E-state index contributed by atoms with van der Waals surface area (Å²) in [4.78, 5) is 62.5. The Balaban J connectivity index is 0.00000541. The number of nitrogens with one attached hydrogen (secondary N) is 3. The molecule has 2 aromatic heterocycles. The number of H-pyrrole nitrogens is 2. The minimum atomic E-state index is -4.58. The number of benzene rings is 2. The number of aromatic nitrogens is 3. The Morgan fingerprint density at radius 2 is 1.65 bits per heavy atom. The van der Waals surface area contributed by atoms with Crippen molar-refractivity contribution in [2.24, 2.45) is 23.3 Å². The second-order valence-electron chi connectivity index (χ2n) is 12.4. The highest BCUT2D eigenvalue weighted by atomic mass is 35.5. The maximum Gasteiger partial charge on any atom is 0.408 e. The number of rotatable bonds is 10. The molecule has 2 atom stereocenters. The second-order valence-corrected chi connectivity index (χ2v) is 12.4. The number of alkyl halides is 3. The smallest absolute Gasteiger partial charge is 0.368 e. The Bertz CT molecular complexity index is 1870. The van der Waals surface area contributed by atoms with E-state index in [-0.39, 0.29) is 36.3 Å². The number of aromatic amines is 2. The molecule has 0 aliphatic heterocycles. The van der Waals surface area contributed by atoms with Gasteiger partial charge in [0.25, 0.3) is 5.91 Å². The van der Waals surface area contributed by atoms with Gasteiger partial charge in [0.15, 0.2) is 0 Å². The van der Waals surface area contributed by atoms with Gasteiger partial charge in [-0.05, 0) is 87.4 Å². The number of hydrogen-bond acceptors (Lipinski definition) is 6. The van der Waals surface area contributed by atoms with E-state index in [1.165, 1.54) is 11.0 Å². The lowest BCUT2D eigenvalue weighted by atomic mass is 9.81. The lowest BCUT2D eigenvalue weighted by Crippen LogP contribution is -2.52. The van der Waals surface area contributed by atoms with Crippen molar-refractivity contribution in [2.75, 3.05) is 11.4 Å². The van der Waals surface area contributed by atoms with Crippen molar-refractivity contribution in [1.29, 1.82) is 0 Å². The molecule has 2 aromatic carbocycles. The molecule has 11 nitrogen and oxygen atoms in total. The van der Waals surface area contributed by atoms with Gasteiger partial charge in [-0.2, -0.15) is 13.2 Å². The number of anilines is 1. The quantitative estimate of drug-likeness (QED) is 0.162. The minimum absolute atomic E-state index is 0. The molecular formula is C34H39ClF3N7O4. The number of imidazole rings is 1. The van der Waals surface area contributed by atoms with Gasteiger partial charge in [-0.1, -0.05) is 30.3 Å². The van der Waals surface area contributed by atoms with Gasteiger partial charge in [-0.25, -0.2) is 9.78 Å². The number of nitrogens with two attached hydrogens (primary N) is 2. The number of nitrogens with zero attached hydrogens (tertiary/aromatic N) is 2. The number of hydrogen-bond donors (Lipinski definition) is 5. The van der Waals surface area contributed by atoms with Gasteiger partial charge in [-0.3, -0.25) is 19.3 Å². The van der Waals surface area contributed by atoms with E-state index in [0.29, 0.717) is 58.8 Å². The van der Waals surface area contributed by atoms with Gasteiger partial charge in [-0.15, -0.1) is 12.4 Å². The predicted molar refractivity (Wildman–Crippen MR) is 182 cm³/mol. The summed E-state index contributed by atoms with van der Waals surface area (Å²) in [6, 6.07) is 12.1. The molecule has 1 saturated carbocycles. The van der Waals surface area contributed by atoms with E-state index in [2.05, 4.69) is 15.0 Å². The number of halogens is 4. The molecule has 7 N–H and O–H groups in total. The first-order valence-electron chi connectivity index (χ1n) is 15.7. The number of pyridine rings is 1. The number of fused-ring (bicyclic) bond motifs is 1. The molecule has 0 radical (unpaired) electrons. The van der Waals surface area contributed by atoms with E-state index in [1.807, 2.05) is 5.32 Å². The molecular weight excluding hydrogens is 663 g/mol. The summed E-state index contributed by atoms with van der Waals surface area (Å²) in [5, 5.41) is 1.91. The van der Waals surface area contributed by atoms with E-state index in [0.717, 1.165) is 25.3 Å². The summed E-state index contributed by atoms with van der Waals surface area (Å²) in [5.74, 6) is -1.83. The van der Waals surface area contributed by atoms with Crippen molar-refractivity contribution in [3.8, 4) is 11.1 Å². The summed E-state index contributed by atoms with van der Waals surface area (Å²) in [5.41, 5.74) is 15.3. The molecule has 1 aliphatic carbocycles. The Morgan fingerprint density at radius 1 is 1.00 bits per heavy atom. The molecule has 2 heterocycles. The van der Waals surface area contributed by atoms with Crippen LogP contribution in [0.1, 0.15) is 54.4 Å². The lowest BCUT2D eigenvalue weighted by molar-refractivity contribution is -0.149. The first-order chi connectivity index (χ1) is 22.7. The van der Waals surface area contributed by atoms with Gasteiger partial charge in [0, 0.05) is 29.3 Å². The Labute approximate surface area is 286 Å². The van der Waals surface area contributed by atoms with Crippen LogP contribution in [0.2, 0.25) is 0 Å². The number of carbonyl (C=O) groups excluding carboxylic acids is 3. The first-order valence-corrected chi connectivity index (χ1v) is 15.7. The first kappa shape index (κ1) is 37.1. The molecule has 262 valence electrons. The van der Waals surface area contributed by atoms with Crippen LogP contribution in [0, 0.1) is 18.8 Å². The zero-order valence-corrected chi connectivity index (χ0v) is 27.8. The van der Waals surface area contributed by atoms with Crippen LogP contribution in [-0.2, 0) is 16.0 Å². The second kappa shape index (κ2) is 15.2. The average Bonchev–Trinajstić information content (AvgIpc) is 3.43. The van der Waals surface area contributed by atoms with E-state index < -0.39 is 35.8 Å². The maximum atomic E-state index is 14.1. The highest BCUT2D eigenvalue weighted by molar-refractivity contribution is 6.02. The minimum Gasteiger partial charge on any atom is -0.368 e. The number of primary amides is 1. The summed E-state index contributed by atoms with van der Waals surface area (Å²) < 4.78 is 38.7. The average molecular weight is 702 g/mol. The highest BCUT2D eigenvalue weighted by Crippen LogP contribution is 2.33. The summed E-state index contributed by atoms with van der Waals surface area (Å²) >= 11 is 0. The third-order valence-electron chi connectivity index (χ3n) is 9.04. The molecule has 4 aromatic rings. The van der Waals surface area contributed by atoms with Gasteiger partial charge in [0.2, 0.25) is 11.8 Å². The predicted octanol–water partition coefficient (Wildman–Crippen LogP) is 4.52. The fourth-order valence-electron chi connectivity index (χ4n) is 6.18. The van der Waals surface area contributed by atoms with E-state index in [1.54, 1.807) is 55.5 Å². The van der Waals surface area contributed by atoms with Gasteiger partial charge >= 0.3 is 11.9 Å². The van der Waals surface area contributed by atoms with Crippen LogP contribution in [0.15, 0.2) is 59.4 Å². The monoisotopic (exact) mass is 701 g/mol. The summed E-state index contributed by atoms with van der Waals surface area (Å²) in [7, 11) is 0. The molecule has 1 aliphatic rings. The molecule has 3 amide bonds. The zero-order valence-electron chi connectivity index (χ0n) is 27.0. The third-order valence-corrected chi connectivity index (χ3v) is 9.04.